The second-order valence-corrected chi connectivity index (χ2v) is 2.75. The van der Waals surface area contributed by atoms with Gasteiger partial charge in [-0.3, -0.25) is 14.9 Å². The predicted octanol–water partition coefficient (Wildman–Crippen LogP) is 2.16. The van der Waals surface area contributed by atoms with Crippen LogP contribution in [0.25, 0.3) is 0 Å². The van der Waals surface area contributed by atoms with E-state index in [1.165, 1.54) is 0 Å². The number of nitrogens with zero attached hydrogens (tertiary/aromatic N) is 1. The Bertz CT molecular complexity index is 394. The fraction of sp³-hybridized carbons (Fsp3) is 0.125. The van der Waals surface area contributed by atoms with E-state index in [1.807, 2.05) is 0 Å². The van der Waals surface area contributed by atoms with E-state index in [9.17, 15) is 19.3 Å². The van der Waals surface area contributed by atoms with Gasteiger partial charge in [-0.05, 0) is 6.07 Å². The highest BCUT2D eigenvalue weighted by Gasteiger charge is 2.15. The zero-order valence-corrected chi connectivity index (χ0v) is 7.62. The van der Waals surface area contributed by atoms with Gasteiger partial charge in [-0.1, -0.05) is 0 Å². The molecule has 0 unspecified atom stereocenters. The van der Waals surface area contributed by atoms with Crippen molar-refractivity contribution in [3.8, 4) is 0 Å². The maximum Gasteiger partial charge on any atom is 0.270 e. The molecule has 0 fully saturated rings. The lowest BCUT2D eigenvalue weighted by molar-refractivity contribution is -0.384. The molecule has 1 aromatic rings. The predicted molar refractivity (Wildman–Crippen MR) is 48.1 cm³/mol. The van der Waals surface area contributed by atoms with Crippen molar-refractivity contribution in [2.24, 2.45) is 0 Å². The van der Waals surface area contributed by atoms with Gasteiger partial charge in [0.25, 0.3) is 5.69 Å². The molecule has 74 valence electrons. The summed E-state index contributed by atoms with van der Waals surface area (Å²) < 4.78 is 13.0. The van der Waals surface area contributed by atoms with Crippen LogP contribution >= 0.6 is 11.6 Å². The molecule has 0 aliphatic rings. The summed E-state index contributed by atoms with van der Waals surface area (Å²) in [7, 11) is 0. The number of Topliss-reactive ketones (excluding diaryl/α,β-unsaturated/α-hetero) is 1. The Labute approximate surface area is 83.4 Å². The molecule has 0 N–H and O–H groups in total. The molecule has 6 heteroatoms. The van der Waals surface area contributed by atoms with E-state index in [2.05, 4.69) is 0 Å². The van der Waals surface area contributed by atoms with Crippen molar-refractivity contribution in [3.05, 3.63) is 39.7 Å². The molecule has 0 heterocycles. The molecule has 0 spiro atoms. The quantitative estimate of drug-likeness (QED) is 0.337. The SMILES string of the molecule is O=C(CCl)c1cc([N+](=O)[O-])ccc1F. The van der Waals surface area contributed by atoms with Gasteiger partial charge >= 0.3 is 0 Å². The van der Waals surface area contributed by atoms with Crippen LogP contribution in [-0.4, -0.2) is 16.6 Å². The third kappa shape index (κ3) is 2.05. The summed E-state index contributed by atoms with van der Waals surface area (Å²) in [6.45, 7) is 0. The topological polar surface area (TPSA) is 60.2 Å². The molecule has 0 bridgehead atoms. The second-order valence-electron chi connectivity index (χ2n) is 2.48. The molecule has 1 aromatic carbocycles. The lowest BCUT2D eigenvalue weighted by Gasteiger charge is -1.98. The largest absolute Gasteiger partial charge is 0.293 e. The van der Waals surface area contributed by atoms with E-state index in [0.29, 0.717) is 0 Å². The molecule has 0 amide bonds. The number of nitro benzene ring substituents is 1. The van der Waals surface area contributed by atoms with Gasteiger partial charge < -0.3 is 0 Å². The van der Waals surface area contributed by atoms with Crippen LogP contribution in [0, 0.1) is 15.9 Å². The van der Waals surface area contributed by atoms with Crippen LogP contribution in [0.4, 0.5) is 10.1 Å². The van der Waals surface area contributed by atoms with Gasteiger partial charge in [0.2, 0.25) is 0 Å². The number of carbonyl (C=O) groups excluding carboxylic acids is 1. The minimum absolute atomic E-state index is 0.333. The average Bonchev–Trinajstić information content (AvgIpc) is 2.17. The highest BCUT2D eigenvalue weighted by atomic mass is 35.5. The molecule has 0 aliphatic carbocycles. The van der Waals surface area contributed by atoms with Crippen LogP contribution in [0.5, 0.6) is 0 Å². The Morgan fingerprint density at radius 2 is 2.21 bits per heavy atom. The maximum absolute atomic E-state index is 13.0. The molecule has 0 saturated heterocycles. The second kappa shape index (κ2) is 4.15. The van der Waals surface area contributed by atoms with E-state index in [4.69, 9.17) is 11.6 Å². The van der Waals surface area contributed by atoms with Crippen LogP contribution in [0.1, 0.15) is 10.4 Å². The highest BCUT2D eigenvalue weighted by molar-refractivity contribution is 6.30. The summed E-state index contributed by atoms with van der Waals surface area (Å²) in [6, 6.07) is 2.73. The number of ketones is 1. The maximum atomic E-state index is 13.0. The number of carbonyl (C=O) groups is 1. The average molecular weight is 218 g/mol. The summed E-state index contributed by atoms with van der Waals surface area (Å²) >= 11 is 5.20. The zero-order valence-electron chi connectivity index (χ0n) is 6.87. The first kappa shape index (κ1) is 10.6. The third-order valence-corrected chi connectivity index (χ3v) is 1.83. The van der Waals surface area contributed by atoms with Crippen molar-refractivity contribution in [3.63, 3.8) is 0 Å². The molecule has 0 saturated carbocycles. The van der Waals surface area contributed by atoms with Crippen LogP contribution in [0.2, 0.25) is 0 Å². The molecule has 0 atom stereocenters. The molecule has 4 nitrogen and oxygen atoms in total. The van der Waals surface area contributed by atoms with Crippen LogP contribution in [0.3, 0.4) is 0 Å². The van der Waals surface area contributed by atoms with Gasteiger partial charge in [0.15, 0.2) is 5.78 Å². The minimum atomic E-state index is -0.804. The lowest BCUT2D eigenvalue weighted by Crippen LogP contribution is -2.04. The smallest absolute Gasteiger partial charge is 0.270 e. The Morgan fingerprint density at radius 1 is 1.57 bits per heavy atom. The van der Waals surface area contributed by atoms with Gasteiger partial charge in [0.05, 0.1) is 16.4 Å². The molecule has 1 rings (SSSR count). The number of rotatable bonds is 3. The molecule has 14 heavy (non-hydrogen) atoms. The van der Waals surface area contributed by atoms with E-state index in [-0.39, 0.29) is 11.3 Å². The summed E-state index contributed by atoms with van der Waals surface area (Å²) in [6.07, 6.45) is 0. The van der Waals surface area contributed by atoms with Gasteiger partial charge in [-0.2, -0.15) is 0 Å². The van der Waals surface area contributed by atoms with Gasteiger partial charge in [-0.15, -0.1) is 11.6 Å². The standard InChI is InChI=1S/C8H5ClFNO3/c9-4-8(12)6-3-5(11(13)14)1-2-7(6)10/h1-3H,4H2. The van der Waals surface area contributed by atoms with E-state index in [0.717, 1.165) is 18.2 Å². The van der Waals surface area contributed by atoms with Crippen LogP contribution in [-0.2, 0) is 0 Å². The number of benzene rings is 1. The number of hydrogen-bond acceptors (Lipinski definition) is 3. The first-order valence-electron chi connectivity index (χ1n) is 3.59. The van der Waals surface area contributed by atoms with Crippen molar-refractivity contribution in [2.75, 3.05) is 5.88 Å². The Hall–Kier alpha value is -1.49. The normalized spacial score (nSPS) is 9.86. The third-order valence-electron chi connectivity index (χ3n) is 1.58. The fourth-order valence-corrected chi connectivity index (χ4v) is 1.06. The summed E-state index contributed by atoms with van der Waals surface area (Å²) in [4.78, 5) is 20.6. The number of alkyl halides is 1. The Balaban J connectivity index is 3.21. The molecular formula is C8H5ClFNO3. The van der Waals surface area contributed by atoms with E-state index < -0.39 is 22.4 Å². The highest BCUT2D eigenvalue weighted by Crippen LogP contribution is 2.17. The minimum Gasteiger partial charge on any atom is -0.293 e. The van der Waals surface area contributed by atoms with Crippen LogP contribution in [0.15, 0.2) is 18.2 Å². The first-order valence-corrected chi connectivity index (χ1v) is 4.13. The molecule has 0 aliphatic heterocycles. The summed E-state index contributed by atoms with van der Waals surface area (Å²) in [5.41, 5.74) is -0.686. The van der Waals surface area contributed by atoms with E-state index >= 15 is 0 Å². The fourth-order valence-electron chi connectivity index (χ4n) is 0.912. The zero-order chi connectivity index (χ0) is 10.7. The number of hydrogen-bond donors (Lipinski definition) is 0. The first-order chi connectivity index (χ1) is 6.56. The lowest BCUT2D eigenvalue weighted by atomic mass is 10.1. The van der Waals surface area contributed by atoms with Gasteiger partial charge in [0.1, 0.15) is 5.82 Å². The van der Waals surface area contributed by atoms with Crippen molar-refractivity contribution in [2.45, 2.75) is 0 Å². The van der Waals surface area contributed by atoms with E-state index in [1.54, 1.807) is 0 Å². The van der Waals surface area contributed by atoms with Crippen molar-refractivity contribution in [1.82, 2.24) is 0 Å². The van der Waals surface area contributed by atoms with Crippen LogP contribution < -0.4 is 0 Å². The van der Waals surface area contributed by atoms with Crippen molar-refractivity contribution in [1.29, 1.82) is 0 Å². The monoisotopic (exact) mass is 217 g/mol. The van der Waals surface area contributed by atoms with Gasteiger partial charge in [0, 0.05) is 12.1 Å². The molecule has 0 aromatic heterocycles. The Morgan fingerprint density at radius 3 is 2.71 bits per heavy atom. The van der Waals surface area contributed by atoms with Crippen molar-refractivity contribution < 1.29 is 14.1 Å². The van der Waals surface area contributed by atoms with Crippen molar-refractivity contribution >= 4 is 23.1 Å². The molecule has 0 radical (unpaired) electrons. The summed E-state index contributed by atoms with van der Waals surface area (Å²) in [5, 5.41) is 10.3. The number of halogens is 2. The number of nitro groups is 1. The van der Waals surface area contributed by atoms with Gasteiger partial charge in [-0.25, -0.2) is 4.39 Å². The Kier molecular flexibility index (Phi) is 3.14. The summed E-state index contributed by atoms with van der Waals surface area (Å²) in [5.74, 6) is -1.88. The number of non-ortho nitro benzene ring substituents is 1. The molecular weight excluding hydrogens is 213 g/mol.